The second-order valence-corrected chi connectivity index (χ2v) is 26.0. The molecule has 0 aromatic heterocycles. The van der Waals surface area contributed by atoms with Gasteiger partial charge in [0.15, 0.2) is 11.9 Å². The number of guanidine groups is 2. The van der Waals surface area contributed by atoms with Crippen molar-refractivity contribution in [3.63, 3.8) is 0 Å². The van der Waals surface area contributed by atoms with Crippen LogP contribution in [0.1, 0.15) is 124 Å². The molecular formula is C61H87F6N13O17S2. The van der Waals surface area contributed by atoms with Gasteiger partial charge in [-0.3, -0.25) is 19.2 Å². The van der Waals surface area contributed by atoms with E-state index in [1.165, 1.54) is 25.1 Å². The average molecular weight is 1450 g/mol. The van der Waals surface area contributed by atoms with Gasteiger partial charge >= 0.3 is 48.4 Å². The fourth-order valence-corrected chi connectivity index (χ4v) is 13.2. The molecule has 6 unspecified atom stereocenters. The fraction of sp³-hybridized carbons (Fsp3) is 0.607. The average Bonchev–Trinajstić information content (AvgIpc) is 1.58. The molecule has 0 aliphatic carbocycles. The van der Waals surface area contributed by atoms with Gasteiger partial charge in [-0.2, -0.15) is 49.9 Å². The predicted octanol–water partition coefficient (Wildman–Crippen LogP) is 4.27. The molecule has 7 amide bonds. The monoisotopic (exact) mass is 1450 g/mol. The fourth-order valence-electron chi connectivity index (χ4n) is 10.2. The van der Waals surface area contributed by atoms with Gasteiger partial charge in [0.05, 0.1) is 50.6 Å². The van der Waals surface area contributed by atoms with E-state index in [4.69, 9.17) is 45.5 Å². The number of carboxylic acid groups (broad SMARTS) is 4. The van der Waals surface area contributed by atoms with Crippen LogP contribution in [-0.2, 0) is 49.6 Å². The van der Waals surface area contributed by atoms with Gasteiger partial charge < -0.3 is 94.0 Å². The Balaban J connectivity index is 0.00000134. The number of urea groups is 1. The number of thioether (sulfide) groups is 2. The van der Waals surface area contributed by atoms with Gasteiger partial charge in [-0.25, -0.2) is 38.8 Å². The van der Waals surface area contributed by atoms with Gasteiger partial charge in [-0.15, -0.1) is 0 Å². The van der Waals surface area contributed by atoms with Crippen molar-refractivity contribution >= 4 is 101 Å². The normalized spacial score (nSPS) is 19.2. The number of alkyl carbamates (subject to hydrolysis) is 1. The Kier molecular flexibility index (Phi) is 35.0. The minimum absolute atomic E-state index is 0.0425. The first-order valence-corrected chi connectivity index (χ1v) is 33.8. The molecule has 17 N–H and O–H groups in total. The number of nitrogens with zero attached hydrogens (tertiary/aromatic N) is 2. The molecule has 6 rings (SSSR count). The number of anilines is 1. The SMILES string of the molecule is CC(CC[C@H](NC(=O)CCCCC1SC[C@@H]2NC(N)=NC12)C(=O)O)CNC(=O)c1cc(NC(=O)NCCOCCOCCNC(=O)OCc2ccccc2)cc(C(=O)NCCCCC(C)(NC(=O)CCCCC2SC[C@@H]3NC(N)=NC23)C(=O)O)c1.O=C(O)C(F)(F)F.O=C(O)C(F)(F)F. The van der Waals surface area contributed by atoms with E-state index in [1.54, 1.807) is 0 Å². The summed E-state index contributed by atoms with van der Waals surface area (Å²) in [5.41, 5.74) is 11.2. The number of hydrogen-bond donors (Lipinski definition) is 15. The highest BCUT2D eigenvalue weighted by atomic mass is 32.2. The van der Waals surface area contributed by atoms with Gasteiger partial charge in [-0.05, 0) is 94.4 Å². The Morgan fingerprint density at radius 2 is 1.15 bits per heavy atom. The molecule has 2 aromatic rings. The van der Waals surface area contributed by atoms with Gasteiger partial charge in [0.25, 0.3) is 11.8 Å². The molecule has 4 aliphatic heterocycles. The Bertz CT molecular complexity index is 3070. The third kappa shape index (κ3) is 31.5. The molecule has 2 fully saturated rings. The lowest BCUT2D eigenvalue weighted by Crippen LogP contribution is -2.52. The highest BCUT2D eigenvalue weighted by Crippen LogP contribution is 2.36. The molecule has 0 radical (unpaired) electrons. The standard InChI is InChI=1S/C57H85N13O13S2.2C2HF3O2/c1-35(18-19-40(51(75)76)65-45(71)16-8-6-14-43-47-41(33-84-43)66-53(58)68-47)31-63-50(74)38-28-37(29-39(30-38)64-55(79)61-22-24-81-26-27-82-25-23-62-56(80)83-32-36-12-4-3-5-13-36)49(73)60-21-11-10-20-57(2,52(77)78)70-46(72)17-9-7-15-44-48-42(34-85-44)67-54(59)69-48;2*3-2(4,5)1(6)7/h3-5,12-13,28-30,35,40-44,47-48H,6-11,14-27,31-34H2,1-2H3,(H,60,73)(H,62,80)(H,63,74)(H,65,71)(H,70,72)(H,75,76)(H,77,78)(H3,58,66,68)(H3,59,67,69)(H2,61,64,79);2*(H,6,7)/t35?,40-,41-,42-,43?,44?,47?,48?,57?;;/m0../s1. The summed E-state index contributed by atoms with van der Waals surface area (Å²) in [4.78, 5) is 129. The van der Waals surface area contributed by atoms with E-state index in [0.29, 0.717) is 54.5 Å². The van der Waals surface area contributed by atoms with Crippen LogP contribution in [0.25, 0.3) is 0 Å². The van der Waals surface area contributed by atoms with E-state index >= 15 is 0 Å². The number of alkyl halides is 6. The van der Waals surface area contributed by atoms with Crippen molar-refractivity contribution in [3.8, 4) is 0 Å². The second-order valence-electron chi connectivity index (χ2n) is 23.5. The number of carboxylic acids is 4. The van der Waals surface area contributed by atoms with Crippen LogP contribution in [0, 0.1) is 5.92 Å². The number of unbranched alkanes of at least 4 members (excludes halogenated alkanes) is 3. The molecule has 30 nitrogen and oxygen atoms in total. The topological polar surface area (TPSA) is 464 Å². The minimum Gasteiger partial charge on any atom is -0.480 e. The number of rotatable bonds is 38. The molecule has 0 spiro atoms. The molecule has 9 atom stereocenters. The number of fused-ring (bicyclic) bond motifs is 2. The number of nitrogens with one attached hydrogen (secondary N) is 9. The molecule has 2 aromatic carbocycles. The Hall–Kier alpha value is -8.52. The number of carbonyl (C=O) groups excluding carboxylic acids is 6. The number of aliphatic imine (C=N–C) groups is 2. The lowest BCUT2D eigenvalue weighted by Gasteiger charge is -2.26. The number of hydrogen-bond acceptors (Lipinski definition) is 21. The maximum absolute atomic E-state index is 13.7. The van der Waals surface area contributed by atoms with Gasteiger partial charge in [-0.1, -0.05) is 50.1 Å². The van der Waals surface area contributed by atoms with Crippen LogP contribution in [0.15, 0.2) is 58.5 Å². The lowest BCUT2D eigenvalue weighted by molar-refractivity contribution is -0.193. The maximum atomic E-state index is 13.7. The molecular weight excluding hydrogens is 1360 g/mol. The summed E-state index contributed by atoms with van der Waals surface area (Å²) >= 11 is 3.68. The summed E-state index contributed by atoms with van der Waals surface area (Å²) in [5, 5.41) is 60.2. The van der Waals surface area contributed by atoms with Gasteiger partial charge in [0.1, 0.15) is 18.2 Å². The van der Waals surface area contributed by atoms with E-state index in [9.17, 15) is 74.9 Å². The summed E-state index contributed by atoms with van der Waals surface area (Å²) < 4.78 is 79.7. The van der Waals surface area contributed by atoms with Gasteiger partial charge in [0, 0.05) is 77.8 Å². The number of halogens is 6. The first-order chi connectivity index (χ1) is 46.7. The van der Waals surface area contributed by atoms with Crippen LogP contribution in [0.3, 0.4) is 0 Å². The third-order valence-electron chi connectivity index (χ3n) is 15.4. The van der Waals surface area contributed by atoms with Crippen molar-refractivity contribution in [3.05, 3.63) is 65.2 Å². The molecule has 2 saturated heterocycles. The highest BCUT2D eigenvalue weighted by Gasteiger charge is 2.42. The van der Waals surface area contributed by atoms with Crippen molar-refractivity contribution in [2.75, 3.05) is 69.4 Å². The van der Waals surface area contributed by atoms with Crippen LogP contribution in [0.4, 0.5) is 41.6 Å². The first-order valence-electron chi connectivity index (χ1n) is 31.7. The molecule has 99 heavy (non-hydrogen) atoms. The molecule has 38 heteroatoms. The number of amides is 7. The molecule has 0 saturated carbocycles. The molecule has 0 bridgehead atoms. The zero-order chi connectivity index (χ0) is 73.3. The number of nitrogens with two attached hydrogens (primary N) is 2. The quantitative estimate of drug-likeness (QED) is 0.0330. The van der Waals surface area contributed by atoms with E-state index in [0.717, 1.165) is 42.8 Å². The van der Waals surface area contributed by atoms with Crippen molar-refractivity contribution in [1.82, 2.24) is 42.5 Å². The lowest BCUT2D eigenvalue weighted by atomic mass is 9.94. The zero-order valence-electron chi connectivity index (χ0n) is 54.4. The number of ether oxygens (including phenoxy) is 3. The Morgan fingerprint density at radius 3 is 1.67 bits per heavy atom. The third-order valence-corrected chi connectivity index (χ3v) is 18.4. The largest absolute Gasteiger partial charge is 0.490 e. The first kappa shape index (κ1) is 82.9. The molecule has 552 valence electrons. The van der Waals surface area contributed by atoms with E-state index in [1.807, 2.05) is 60.8 Å². The van der Waals surface area contributed by atoms with Crippen molar-refractivity contribution in [2.24, 2.45) is 27.4 Å². The van der Waals surface area contributed by atoms with E-state index < -0.39 is 71.7 Å². The van der Waals surface area contributed by atoms with Crippen LogP contribution < -0.4 is 59.3 Å². The number of carbonyl (C=O) groups is 10. The summed E-state index contributed by atoms with van der Waals surface area (Å²) in [5.74, 6) is -7.17. The molecule has 4 heterocycles. The van der Waals surface area contributed by atoms with Crippen molar-refractivity contribution < 1.29 is 109 Å². The predicted molar refractivity (Wildman–Crippen MR) is 352 cm³/mol. The summed E-state index contributed by atoms with van der Waals surface area (Å²) in [6.07, 6.45) is -4.61. The van der Waals surface area contributed by atoms with Crippen LogP contribution >= 0.6 is 23.5 Å². The van der Waals surface area contributed by atoms with E-state index in [2.05, 4.69) is 57.8 Å². The smallest absolute Gasteiger partial charge is 0.480 e. The second kappa shape index (κ2) is 41.8. The maximum Gasteiger partial charge on any atom is 0.490 e. The highest BCUT2D eigenvalue weighted by molar-refractivity contribution is 8.00. The van der Waals surface area contributed by atoms with Gasteiger partial charge in [0.2, 0.25) is 11.8 Å². The Labute approximate surface area is 574 Å². The van der Waals surface area contributed by atoms with Crippen LogP contribution in [0.5, 0.6) is 0 Å². The zero-order valence-corrected chi connectivity index (χ0v) is 56.1. The van der Waals surface area contributed by atoms with Crippen molar-refractivity contribution in [1.29, 1.82) is 0 Å². The minimum atomic E-state index is -5.08. The summed E-state index contributed by atoms with van der Waals surface area (Å²) in [7, 11) is 0. The number of benzene rings is 2. The summed E-state index contributed by atoms with van der Waals surface area (Å²) in [6.45, 7) is 4.81. The van der Waals surface area contributed by atoms with Crippen LogP contribution in [0.2, 0.25) is 0 Å². The number of aliphatic carboxylic acids is 4. The van der Waals surface area contributed by atoms with E-state index in [-0.39, 0.29) is 144 Å². The van der Waals surface area contributed by atoms with Crippen LogP contribution in [-0.4, -0.2) is 215 Å². The molecule has 4 aliphatic rings. The Morgan fingerprint density at radius 1 is 0.636 bits per heavy atom. The van der Waals surface area contributed by atoms with Crippen molar-refractivity contribution in [2.45, 2.75) is 163 Å². The summed E-state index contributed by atoms with van der Waals surface area (Å²) in [6, 6.07) is 12.4.